The fraction of sp³-hybridized carbons (Fsp3) is 0.833. The van der Waals surface area contributed by atoms with Crippen molar-refractivity contribution in [3.05, 3.63) is 0 Å². The van der Waals surface area contributed by atoms with Crippen molar-refractivity contribution >= 4 is 12.0 Å². The number of piperidine rings is 1. The van der Waals surface area contributed by atoms with Crippen LogP contribution >= 0.6 is 0 Å². The van der Waals surface area contributed by atoms with Gasteiger partial charge in [0.2, 0.25) is 0 Å². The van der Waals surface area contributed by atoms with Crippen molar-refractivity contribution in [3.8, 4) is 0 Å². The predicted molar refractivity (Wildman–Crippen MR) is 67.5 cm³/mol. The van der Waals surface area contributed by atoms with Gasteiger partial charge in [-0.05, 0) is 25.7 Å². The van der Waals surface area contributed by atoms with Gasteiger partial charge in [-0.25, -0.2) is 14.6 Å². The molecule has 7 nitrogen and oxygen atoms in total. The third kappa shape index (κ3) is 4.36. The summed E-state index contributed by atoms with van der Waals surface area (Å²) in [6.07, 6.45) is 3.67. The summed E-state index contributed by atoms with van der Waals surface area (Å²) in [6, 6.07) is -0.246. The summed E-state index contributed by atoms with van der Waals surface area (Å²) in [6.45, 7) is 2.12. The molecule has 0 aliphatic carbocycles. The van der Waals surface area contributed by atoms with Crippen LogP contribution in [0.5, 0.6) is 0 Å². The largest absolute Gasteiger partial charge is 0.479 e. The number of hydrogen-bond acceptors (Lipinski definition) is 4. The van der Waals surface area contributed by atoms with E-state index in [2.05, 4.69) is 10.7 Å². The number of nitrogens with zero attached hydrogens (tertiary/aromatic N) is 1. The molecule has 2 heterocycles. The highest BCUT2D eigenvalue weighted by atomic mass is 16.5. The lowest BCUT2D eigenvalue weighted by Gasteiger charge is -2.27. The highest BCUT2D eigenvalue weighted by molar-refractivity contribution is 5.73. The van der Waals surface area contributed by atoms with Crippen LogP contribution in [-0.4, -0.2) is 54.0 Å². The lowest BCUT2D eigenvalue weighted by molar-refractivity contribution is -0.149. The van der Waals surface area contributed by atoms with E-state index in [1.54, 1.807) is 0 Å². The molecule has 0 aromatic heterocycles. The van der Waals surface area contributed by atoms with Crippen LogP contribution in [-0.2, 0) is 9.53 Å². The number of ether oxygens (including phenoxy) is 1. The Morgan fingerprint density at radius 2 is 1.95 bits per heavy atom. The van der Waals surface area contributed by atoms with Gasteiger partial charge >= 0.3 is 12.0 Å². The molecule has 2 unspecified atom stereocenters. The normalized spacial score (nSPS) is 28.0. The zero-order chi connectivity index (χ0) is 13.7. The van der Waals surface area contributed by atoms with Crippen LogP contribution in [0.3, 0.4) is 0 Å². The van der Waals surface area contributed by atoms with Gasteiger partial charge in [0.15, 0.2) is 6.10 Å². The Balaban J connectivity index is 1.62. The van der Waals surface area contributed by atoms with Gasteiger partial charge in [-0.3, -0.25) is 5.43 Å². The van der Waals surface area contributed by atoms with Crippen LogP contribution in [0.4, 0.5) is 4.79 Å². The number of aliphatic carboxylic acids is 1. The van der Waals surface area contributed by atoms with Crippen molar-refractivity contribution in [2.45, 2.75) is 44.3 Å². The monoisotopic (exact) mass is 271 g/mol. The Kier molecular flexibility index (Phi) is 4.98. The van der Waals surface area contributed by atoms with Crippen molar-refractivity contribution < 1.29 is 19.4 Å². The molecular formula is C12H21N3O4. The fourth-order valence-corrected chi connectivity index (χ4v) is 2.43. The van der Waals surface area contributed by atoms with Gasteiger partial charge in [0.1, 0.15) is 0 Å². The summed E-state index contributed by atoms with van der Waals surface area (Å²) < 4.78 is 5.31. The Bertz CT molecular complexity index is 331. The average Bonchev–Trinajstić information content (AvgIpc) is 2.86. The second-order valence-electron chi connectivity index (χ2n) is 5.03. The Labute approximate surface area is 112 Å². The predicted octanol–water partition coefficient (Wildman–Crippen LogP) is 0.319. The zero-order valence-electron chi connectivity index (χ0n) is 10.9. The second-order valence-corrected chi connectivity index (χ2v) is 5.03. The van der Waals surface area contributed by atoms with Crippen molar-refractivity contribution in [3.63, 3.8) is 0 Å². The van der Waals surface area contributed by atoms with Gasteiger partial charge in [0.25, 0.3) is 0 Å². The maximum atomic E-state index is 11.6. The minimum absolute atomic E-state index is 0.201. The Morgan fingerprint density at radius 3 is 2.58 bits per heavy atom. The van der Waals surface area contributed by atoms with E-state index in [9.17, 15) is 9.59 Å². The minimum Gasteiger partial charge on any atom is -0.479 e. The van der Waals surface area contributed by atoms with E-state index in [0.29, 0.717) is 19.4 Å². The Hall–Kier alpha value is -1.34. The molecular weight excluding hydrogens is 250 g/mol. The van der Waals surface area contributed by atoms with Crippen LogP contribution in [0.15, 0.2) is 0 Å². The maximum Gasteiger partial charge on any atom is 0.332 e. The van der Waals surface area contributed by atoms with Crippen LogP contribution in [0.25, 0.3) is 0 Å². The second kappa shape index (κ2) is 6.72. The molecule has 0 aromatic rings. The van der Waals surface area contributed by atoms with Crippen molar-refractivity contribution in [2.75, 3.05) is 19.6 Å². The van der Waals surface area contributed by atoms with E-state index >= 15 is 0 Å². The molecule has 19 heavy (non-hydrogen) atoms. The zero-order valence-corrected chi connectivity index (χ0v) is 10.9. The van der Waals surface area contributed by atoms with Crippen molar-refractivity contribution in [2.24, 2.45) is 0 Å². The standard InChI is InChI=1S/C12H21N3O4/c16-11(17)10-5-4-9(19-10)8-13-12(18)14-15-6-2-1-3-7-15/h9-10H,1-8H2,(H,16,17)(H2,13,14,18). The molecule has 2 saturated heterocycles. The first-order valence-electron chi connectivity index (χ1n) is 6.83. The van der Waals surface area contributed by atoms with E-state index in [1.807, 2.05) is 5.01 Å². The highest BCUT2D eigenvalue weighted by Gasteiger charge is 2.30. The van der Waals surface area contributed by atoms with Gasteiger partial charge in [0.05, 0.1) is 6.10 Å². The molecule has 2 atom stereocenters. The molecule has 108 valence electrons. The molecule has 2 fully saturated rings. The quantitative estimate of drug-likeness (QED) is 0.685. The third-order valence-corrected chi connectivity index (χ3v) is 3.49. The van der Waals surface area contributed by atoms with E-state index in [1.165, 1.54) is 6.42 Å². The first-order chi connectivity index (χ1) is 9.15. The van der Waals surface area contributed by atoms with E-state index < -0.39 is 12.1 Å². The summed E-state index contributed by atoms with van der Waals surface area (Å²) in [5.41, 5.74) is 2.79. The summed E-state index contributed by atoms with van der Waals surface area (Å²) >= 11 is 0. The molecule has 2 aliphatic heterocycles. The smallest absolute Gasteiger partial charge is 0.332 e. The number of carbonyl (C=O) groups excluding carboxylic acids is 1. The highest BCUT2D eigenvalue weighted by Crippen LogP contribution is 2.19. The molecule has 0 aromatic carbocycles. The van der Waals surface area contributed by atoms with Gasteiger partial charge in [-0.1, -0.05) is 6.42 Å². The number of urea groups is 1. The first-order valence-corrected chi connectivity index (χ1v) is 6.83. The van der Waals surface area contributed by atoms with Crippen LogP contribution in [0.2, 0.25) is 0 Å². The van der Waals surface area contributed by atoms with Gasteiger partial charge in [-0.2, -0.15) is 0 Å². The first kappa shape index (κ1) is 14.1. The average molecular weight is 271 g/mol. The molecule has 2 rings (SSSR count). The molecule has 0 radical (unpaired) electrons. The number of rotatable bonds is 4. The van der Waals surface area contributed by atoms with Gasteiger partial charge < -0.3 is 15.2 Å². The van der Waals surface area contributed by atoms with E-state index in [4.69, 9.17) is 9.84 Å². The molecule has 0 spiro atoms. The van der Waals surface area contributed by atoms with Gasteiger partial charge in [0, 0.05) is 19.6 Å². The van der Waals surface area contributed by atoms with Gasteiger partial charge in [-0.15, -0.1) is 0 Å². The lowest BCUT2D eigenvalue weighted by atomic mass is 10.2. The number of carbonyl (C=O) groups is 2. The molecule has 7 heteroatoms. The molecule has 0 saturated carbocycles. The number of carboxylic acids is 1. The molecule has 3 N–H and O–H groups in total. The number of hydrogen-bond donors (Lipinski definition) is 3. The van der Waals surface area contributed by atoms with E-state index in [0.717, 1.165) is 25.9 Å². The molecule has 0 bridgehead atoms. The van der Waals surface area contributed by atoms with Crippen molar-refractivity contribution in [1.82, 2.24) is 15.8 Å². The summed E-state index contributed by atoms with van der Waals surface area (Å²) in [7, 11) is 0. The number of nitrogens with one attached hydrogen (secondary N) is 2. The lowest BCUT2D eigenvalue weighted by Crippen LogP contribution is -2.50. The van der Waals surface area contributed by atoms with Crippen LogP contribution in [0.1, 0.15) is 32.1 Å². The van der Waals surface area contributed by atoms with E-state index in [-0.39, 0.29) is 12.1 Å². The number of carboxylic acid groups (broad SMARTS) is 1. The minimum atomic E-state index is -0.930. The summed E-state index contributed by atoms with van der Waals surface area (Å²) in [4.78, 5) is 22.4. The van der Waals surface area contributed by atoms with Crippen LogP contribution < -0.4 is 10.7 Å². The van der Waals surface area contributed by atoms with Crippen LogP contribution in [0, 0.1) is 0 Å². The SMILES string of the molecule is O=C(NCC1CCC(C(=O)O)O1)NN1CCCCC1. The summed E-state index contributed by atoms with van der Waals surface area (Å²) in [5.74, 6) is -0.930. The van der Waals surface area contributed by atoms with Crippen molar-refractivity contribution in [1.29, 1.82) is 0 Å². The molecule has 2 aliphatic rings. The molecule has 2 amide bonds. The number of hydrazine groups is 1. The number of amides is 2. The maximum absolute atomic E-state index is 11.6. The topological polar surface area (TPSA) is 90.9 Å². The Morgan fingerprint density at radius 1 is 1.21 bits per heavy atom. The third-order valence-electron chi connectivity index (χ3n) is 3.49. The fourth-order valence-electron chi connectivity index (χ4n) is 2.43. The summed E-state index contributed by atoms with van der Waals surface area (Å²) in [5, 5.41) is 13.4.